The van der Waals surface area contributed by atoms with Crippen LogP contribution in [0.2, 0.25) is 0 Å². The van der Waals surface area contributed by atoms with Crippen LogP contribution in [0.3, 0.4) is 0 Å². The maximum Gasteiger partial charge on any atom is 0.194 e. The monoisotopic (exact) mass is 229 g/mol. The first-order valence-corrected chi connectivity index (χ1v) is 6.40. The van der Waals surface area contributed by atoms with E-state index in [1.165, 1.54) is 25.7 Å². The standard InChI is InChI=1S/C15H19NO/c1-2-3-4-8-11-15-16-12-14(17-15)13-9-6-5-7-10-13/h5-7,9-10,12H,2-4,8,11H2,1H3. The highest BCUT2D eigenvalue weighted by Gasteiger charge is 2.05. The van der Waals surface area contributed by atoms with E-state index in [0.29, 0.717) is 0 Å². The first kappa shape index (κ1) is 11.9. The number of rotatable bonds is 6. The summed E-state index contributed by atoms with van der Waals surface area (Å²) in [5, 5.41) is 0. The molecular weight excluding hydrogens is 210 g/mol. The fraction of sp³-hybridized carbons (Fsp3) is 0.400. The lowest BCUT2D eigenvalue weighted by molar-refractivity contribution is 0.490. The second kappa shape index (κ2) is 6.24. The topological polar surface area (TPSA) is 26.0 Å². The highest BCUT2D eigenvalue weighted by Crippen LogP contribution is 2.20. The summed E-state index contributed by atoms with van der Waals surface area (Å²) >= 11 is 0. The molecule has 17 heavy (non-hydrogen) atoms. The second-order valence-corrected chi connectivity index (χ2v) is 4.29. The number of hydrogen-bond donors (Lipinski definition) is 0. The Labute approximate surface area is 103 Å². The summed E-state index contributed by atoms with van der Waals surface area (Å²) in [4.78, 5) is 4.32. The third kappa shape index (κ3) is 3.45. The predicted molar refractivity (Wildman–Crippen MR) is 69.8 cm³/mol. The quantitative estimate of drug-likeness (QED) is 0.683. The smallest absolute Gasteiger partial charge is 0.194 e. The molecule has 0 unspecified atom stereocenters. The maximum atomic E-state index is 5.74. The molecule has 1 aromatic carbocycles. The molecule has 0 spiro atoms. The molecule has 0 aliphatic heterocycles. The van der Waals surface area contributed by atoms with E-state index in [0.717, 1.165) is 23.6 Å². The zero-order valence-electron chi connectivity index (χ0n) is 10.4. The van der Waals surface area contributed by atoms with Crippen LogP contribution in [0.15, 0.2) is 40.9 Å². The molecule has 0 fully saturated rings. The van der Waals surface area contributed by atoms with E-state index in [2.05, 4.69) is 11.9 Å². The van der Waals surface area contributed by atoms with Crippen LogP contribution in [0.5, 0.6) is 0 Å². The van der Waals surface area contributed by atoms with Gasteiger partial charge in [0.25, 0.3) is 0 Å². The lowest BCUT2D eigenvalue weighted by Gasteiger charge is -1.96. The van der Waals surface area contributed by atoms with Crippen molar-refractivity contribution < 1.29 is 4.42 Å². The Hall–Kier alpha value is -1.57. The zero-order chi connectivity index (χ0) is 11.9. The van der Waals surface area contributed by atoms with Gasteiger partial charge in [0.15, 0.2) is 11.7 Å². The third-order valence-electron chi connectivity index (χ3n) is 2.86. The van der Waals surface area contributed by atoms with E-state index < -0.39 is 0 Å². The van der Waals surface area contributed by atoms with Crippen molar-refractivity contribution in [1.29, 1.82) is 0 Å². The number of aromatic nitrogens is 1. The van der Waals surface area contributed by atoms with Crippen LogP contribution in [0.4, 0.5) is 0 Å². The molecule has 90 valence electrons. The van der Waals surface area contributed by atoms with Crippen molar-refractivity contribution in [3.05, 3.63) is 42.4 Å². The number of benzene rings is 1. The Bertz CT molecular complexity index is 433. The predicted octanol–water partition coefficient (Wildman–Crippen LogP) is 4.46. The van der Waals surface area contributed by atoms with Crippen molar-refractivity contribution in [2.24, 2.45) is 0 Å². The van der Waals surface area contributed by atoms with E-state index in [1.807, 2.05) is 36.5 Å². The zero-order valence-corrected chi connectivity index (χ0v) is 10.4. The minimum Gasteiger partial charge on any atom is -0.441 e. The summed E-state index contributed by atoms with van der Waals surface area (Å²) < 4.78 is 5.74. The van der Waals surface area contributed by atoms with Crippen molar-refractivity contribution in [3.63, 3.8) is 0 Å². The molecule has 0 atom stereocenters. The molecule has 2 nitrogen and oxygen atoms in total. The SMILES string of the molecule is CCCCCCc1ncc(-c2ccccc2)o1. The van der Waals surface area contributed by atoms with Crippen molar-refractivity contribution in [2.75, 3.05) is 0 Å². The molecule has 0 saturated heterocycles. The normalized spacial score (nSPS) is 10.6. The average molecular weight is 229 g/mol. The van der Waals surface area contributed by atoms with Crippen molar-refractivity contribution in [2.45, 2.75) is 39.0 Å². The van der Waals surface area contributed by atoms with Gasteiger partial charge >= 0.3 is 0 Å². The summed E-state index contributed by atoms with van der Waals surface area (Å²) in [6.07, 6.45) is 7.77. The van der Waals surface area contributed by atoms with Gasteiger partial charge in [0.05, 0.1) is 6.20 Å². The molecule has 0 aliphatic carbocycles. The molecule has 2 heteroatoms. The van der Waals surface area contributed by atoms with Gasteiger partial charge in [-0.25, -0.2) is 4.98 Å². The number of aryl methyl sites for hydroxylation is 1. The molecule has 0 radical (unpaired) electrons. The van der Waals surface area contributed by atoms with Crippen LogP contribution >= 0.6 is 0 Å². The largest absolute Gasteiger partial charge is 0.441 e. The fourth-order valence-electron chi connectivity index (χ4n) is 1.86. The van der Waals surface area contributed by atoms with Crippen LogP contribution in [0, 0.1) is 0 Å². The summed E-state index contributed by atoms with van der Waals surface area (Å²) in [5.74, 6) is 1.73. The lowest BCUT2D eigenvalue weighted by Crippen LogP contribution is -1.84. The van der Waals surface area contributed by atoms with Gasteiger partial charge in [-0.1, -0.05) is 56.5 Å². The van der Waals surface area contributed by atoms with Crippen LogP contribution in [0.25, 0.3) is 11.3 Å². The Balaban J connectivity index is 1.92. The van der Waals surface area contributed by atoms with Gasteiger partial charge in [-0.15, -0.1) is 0 Å². The Morgan fingerprint density at radius 3 is 2.65 bits per heavy atom. The Kier molecular flexibility index (Phi) is 4.37. The van der Waals surface area contributed by atoms with Crippen molar-refractivity contribution in [1.82, 2.24) is 4.98 Å². The highest BCUT2D eigenvalue weighted by molar-refractivity contribution is 5.55. The minimum atomic E-state index is 0.861. The third-order valence-corrected chi connectivity index (χ3v) is 2.86. The molecule has 1 aromatic heterocycles. The van der Waals surface area contributed by atoms with Gasteiger partial charge in [-0.2, -0.15) is 0 Å². The van der Waals surface area contributed by atoms with Gasteiger partial charge in [-0.05, 0) is 6.42 Å². The maximum absolute atomic E-state index is 5.74. The molecule has 2 aromatic rings. The summed E-state index contributed by atoms with van der Waals surface area (Å²) in [7, 11) is 0. The van der Waals surface area contributed by atoms with Crippen molar-refractivity contribution in [3.8, 4) is 11.3 Å². The van der Waals surface area contributed by atoms with E-state index in [1.54, 1.807) is 0 Å². The van der Waals surface area contributed by atoms with E-state index in [4.69, 9.17) is 4.42 Å². The molecule has 0 bridgehead atoms. The Morgan fingerprint density at radius 2 is 1.88 bits per heavy atom. The number of oxazole rings is 1. The van der Waals surface area contributed by atoms with Gasteiger partial charge in [0.1, 0.15) is 0 Å². The molecule has 0 aliphatic rings. The Morgan fingerprint density at radius 1 is 1.06 bits per heavy atom. The summed E-state index contributed by atoms with van der Waals surface area (Å²) in [5.41, 5.74) is 1.10. The van der Waals surface area contributed by atoms with Gasteiger partial charge in [0.2, 0.25) is 0 Å². The van der Waals surface area contributed by atoms with E-state index in [9.17, 15) is 0 Å². The first-order chi connectivity index (χ1) is 8.40. The molecular formula is C15H19NO. The van der Waals surface area contributed by atoms with Gasteiger partial charge < -0.3 is 4.42 Å². The van der Waals surface area contributed by atoms with Crippen LogP contribution in [-0.2, 0) is 6.42 Å². The van der Waals surface area contributed by atoms with Crippen LogP contribution < -0.4 is 0 Å². The fourth-order valence-corrected chi connectivity index (χ4v) is 1.86. The van der Waals surface area contributed by atoms with Gasteiger partial charge in [0, 0.05) is 12.0 Å². The molecule has 1 heterocycles. The molecule has 0 saturated carbocycles. The van der Waals surface area contributed by atoms with Gasteiger partial charge in [-0.3, -0.25) is 0 Å². The highest BCUT2D eigenvalue weighted by atomic mass is 16.4. The average Bonchev–Trinajstić information content (AvgIpc) is 2.85. The lowest BCUT2D eigenvalue weighted by atomic mass is 10.1. The van der Waals surface area contributed by atoms with E-state index in [-0.39, 0.29) is 0 Å². The molecule has 0 N–H and O–H groups in total. The summed E-state index contributed by atoms with van der Waals surface area (Å²) in [6, 6.07) is 10.1. The molecule has 0 amide bonds. The number of unbranched alkanes of at least 4 members (excludes halogenated alkanes) is 3. The molecule has 2 rings (SSSR count). The first-order valence-electron chi connectivity index (χ1n) is 6.40. The summed E-state index contributed by atoms with van der Waals surface area (Å²) in [6.45, 7) is 2.22. The van der Waals surface area contributed by atoms with Crippen LogP contribution in [0.1, 0.15) is 38.5 Å². The van der Waals surface area contributed by atoms with Crippen LogP contribution in [-0.4, -0.2) is 4.98 Å². The van der Waals surface area contributed by atoms with Crippen molar-refractivity contribution >= 4 is 0 Å². The minimum absolute atomic E-state index is 0.861. The second-order valence-electron chi connectivity index (χ2n) is 4.29. The number of hydrogen-bond acceptors (Lipinski definition) is 2. The number of nitrogens with zero attached hydrogens (tertiary/aromatic N) is 1. The van der Waals surface area contributed by atoms with E-state index >= 15 is 0 Å².